The van der Waals surface area contributed by atoms with Crippen molar-refractivity contribution < 1.29 is 4.52 Å². The zero-order valence-corrected chi connectivity index (χ0v) is 16.9. The van der Waals surface area contributed by atoms with E-state index in [0.717, 1.165) is 43.3 Å². The molecule has 0 saturated heterocycles. The maximum atomic E-state index is 5.40. The molecule has 0 aliphatic carbocycles. The smallest absolute Gasteiger partial charge is 0.191 e. The summed E-state index contributed by atoms with van der Waals surface area (Å²) in [6.07, 6.45) is 7.66. The number of hydrogen-bond donors (Lipinski definition) is 2. The summed E-state index contributed by atoms with van der Waals surface area (Å²) >= 11 is 0. The summed E-state index contributed by atoms with van der Waals surface area (Å²) in [5.41, 5.74) is 1.04. The van der Waals surface area contributed by atoms with Crippen LogP contribution < -0.4 is 10.6 Å². The van der Waals surface area contributed by atoms with Gasteiger partial charge in [-0.25, -0.2) is 4.98 Å². The number of rotatable bonds is 8. The number of aliphatic imine (C=N–C) groups is 1. The molecular formula is C16H27IN6O. The van der Waals surface area contributed by atoms with Crippen molar-refractivity contribution in [1.82, 2.24) is 25.3 Å². The van der Waals surface area contributed by atoms with Crippen molar-refractivity contribution in [3.8, 4) is 0 Å². The average molecular weight is 446 g/mol. The number of hydrogen-bond acceptors (Lipinski definition) is 4. The van der Waals surface area contributed by atoms with Gasteiger partial charge in [0.15, 0.2) is 11.7 Å². The maximum Gasteiger partial charge on any atom is 0.191 e. The van der Waals surface area contributed by atoms with Crippen LogP contribution in [0, 0.1) is 0 Å². The highest BCUT2D eigenvalue weighted by atomic mass is 127. The largest absolute Gasteiger partial charge is 0.359 e. The van der Waals surface area contributed by atoms with Gasteiger partial charge in [0.2, 0.25) is 0 Å². The summed E-state index contributed by atoms with van der Waals surface area (Å²) in [6, 6.07) is 2.03. The standard InChI is InChI=1S/C16H26N6O.HI/c1-4-13(5-2)15-10-14(23-21-15)11-20-16(17-3)19-7-9-22-8-6-18-12-22;/h6,8,10,12-13H,4-5,7,9,11H2,1-3H3,(H2,17,19,20);1H. The monoisotopic (exact) mass is 446 g/mol. The van der Waals surface area contributed by atoms with Crippen molar-refractivity contribution >= 4 is 29.9 Å². The summed E-state index contributed by atoms with van der Waals surface area (Å²) < 4.78 is 7.41. The normalized spacial score (nSPS) is 11.4. The molecule has 2 rings (SSSR count). The fourth-order valence-electron chi connectivity index (χ4n) is 2.43. The molecule has 2 aromatic heterocycles. The quantitative estimate of drug-likeness (QED) is 0.371. The van der Waals surface area contributed by atoms with Crippen LogP contribution >= 0.6 is 24.0 Å². The zero-order chi connectivity index (χ0) is 16.5. The second-order valence-electron chi connectivity index (χ2n) is 5.38. The first-order valence-corrected chi connectivity index (χ1v) is 8.12. The van der Waals surface area contributed by atoms with Crippen molar-refractivity contribution in [3.05, 3.63) is 36.2 Å². The number of aromatic nitrogens is 3. The third-order valence-corrected chi connectivity index (χ3v) is 3.86. The van der Waals surface area contributed by atoms with Crippen molar-refractivity contribution in [3.63, 3.8) is 0 Å². The molecule has 24 heavy (non-hydrogen) atoms. The predicted molar refractivity (Wildman–Crippen MR) is 106 cm³/mol. The summed E-state index contributed by atoms with van der Waals surface area (Å²) in [5, 5.41) is 10.7. The van der Waals surface area contributed by atoms with E-state index in [-0.39, 0.29) is 24.0 Å². The van der Waals surface area contributed by atoms with Crippen LogP contribution in [0.2, 0.25) is 0 Å². The molecule has 2 aromatic rings. The Hall–Kier alpha value is -1.58. The maximum absolute atomic E-state index is 5.40. The summed E-state index contributed by atoms with van der Waals surface area (Å²) in [4.78, 5) is 8.22. The summed E-state index contributed by atoms with van der Waals surface area (Å²) in [6.45, 7) is 6.52. The lowest BCUT2D eigenvalue weighted by atomic mass is 9.99. The molecule has 2 heterocycles. The number of guanidine groups is 1. The molecule has 134 valence electrons. The van der Waals surface area contributed by atoms with E-state index in [1.54, 1.807) is 19.6 Å². The van der Waals surface area contributed by atoms with Crippen molar-refractivity contribution in [1.29, 1.82) is 0 Å². The topological polar surface area (TPSA) is 80.3 Å². The molecule has 7 nitrogen and oxygen atoms in total. The van der Waals surface area contributed by atoms with Gasteiger partial charge in [0.05, 0.1) is 18.6 Å². The van der Waals surface area contributed by atoms with Crippen LogP contribution in [0.5, 0.6) is 0 Å². The predicted octanol–water partition coefficient (Wildman–Crippen LogP) is 2.76. The van der Waals surface area contributed by atoms with Crippen LogP contribution in [0.15, 0.2) is 34.3 Å². The minimum absolute atomic E-state index is 0. The van der Waals surface area contributed by atoms with Crippen LogP contribution in [0.25, 0.3) is 0 Å². The first-order valence-electron chi connectivity index (χ1n) is 8.12. The summed E-state index contributed by atoms with van der Waals surface area (Å²) in [7, 11) is 1.75. The number of nitrogens with zero attached hydrogens (tertiary/aromatic N) is 4. The Morgan fingerprint density at radius 1 is 1.33 bits per heavy atom. The Labute approximate surface area is 160 Å². The second kappa shape index (κ2) is 11.1. The fourth-order valence-corrected chi connectivity index (χ4v) is 2.43. The SMILES string of the molecule is CCC(CC)c1cc(CNC(=NC)NCCn2ccnc2)on1.I. The Bertz CT molecular complexity index is 591. The van der Waals surface area contributed by atoms with Gasteiger partial charge in [-0.15, -0.1) is 24.0 Å². The molecule has 2 N–H and O–H groups in total. The van der Waals surface area contributed by atoms with E-state index < -0.39 is 0 Å². The van der Waals surface area contributed by atoms with Crippen LogP contribution in [-0.2, 0) is 13.1 Å². The number of halogens is 1. The van der Waals surface area contributed by atoms with Gasteiger partial charge in [0.25, 0.3) is 0 Å². The van der Waals surface area contributed by atoms with Gasteiger partial charge in [-0.1, -0.05) is 19.0 Å². The van der Waals surface area contributed by atoms with Crippen LogP contribution in [0.1, 0.15) is 44.1 Å². The molecule has 0 unspecified atom stereocenters. The lowest BCUT2D eigenvalue weighted by molar-refractivity contribution is 0.368. The first kappa shape index (κ1) is 20.5. The van der Waals surface area contributed by atoms with E-state index >= 15 is 0 Å². The second-order valence-corrected chi connectivity index (χ2v) is 5.38. The van der Waals surface area contributed by atoms with Crippen molar-refractivity contribution in [2.24, 2.45) is 4.99 Å². The Morgan fingerprint density at radius 2 is 2.12 bits per heavy atom. The lowest BCUT2D eigenvalue weighted by Gasteiger charge is -2.10. The van der Waals surface area contributed by atoms with Crippen LogP contribution in [0.4, 0.5) is 0 Å². The third-order valence-electron chi connectivity index (χ3n) is 3.86. The molecule has 0 aliphatic heterocycles. The lowest BCUT2D eigenvalue weighted by Crippen LogP contribution is -2.38. The van der Waals surface area contributed by atoms with Gasteiger partial charge in [-0.3, -0.25) is 4.99 Å². The molecule has 0 aromatic carbocycles. The third kappa shape index (κ3) is 6.14. The molecule has 0 radical (unpaired) electrons. The van der Waals surface area contributed by atoms with Crippen molar-refractivity contribution in [2.45, 2.75) is 45.7 Å². The van der Waals surface area contributed by atoms with E-state index in [9.17, 15) is 0 Å². The first-order chi connectivity index (χ1) is 11.3. The van der Waals surface area contributed by atoms with Gasteiger partial charge in [0, 0.05) is 44.5 Å². The minimum atomic E-state index is 0. The highest BCUT2D eigenvalue weighted by molar-refractivity contribution is 14.0. The van der Waals surface area contributed by atoms with E-state index in [2.05, 4.69) is 39.6 Å². The van der Waals surface area contributed by atoms with E-state index in [1.165, 1.54) is 0 Å². The highest BCUT2D eigenvalue weighted by Gasteiger charge is 2.13. The van der Waals surface area contributed by atoms with Crippen LogP contribution in [0.3, 0.4) is 0 Å². The fraction of sp³-hybridized carbons (Fsp3) is 0.562. The van der Waals surface area contributed by atoms with Gasteiger partial charge < -0.3 is 19.7 Å². The Kier molecular flexibility index (Phi) is 9.43. The molecule has 0 saturated carbocycles. The van der Waals surface area contributed by atoms with Crippen molar-refractivity contribution in [2.75, 3.05) is 13.6 Å². The molecule has 0 spiro atoms. The Balaban J connectivity index is 0.00000288. The molecule has 8 heteroatoms. The molecule has 0 fully saturated rings. The van der Waals surface area contributed by atoms with Gasteiger partial charge in [0.1, 0.15) is 0 Å². The number of nitrogens with one attached hydrogen (secondary N) is 2. The van der Waals surface area contributed by atoms with Gasteiger partial charge in [-0.2, -0.15) is 0 Å². The van der Waals surface area contributed by atoms with E-state index in [0.29, 0.717) is 12.5 Å². The summed E-state index contributed by atoms with van der Waals surface area (Å²) in [5.74, 6) is 2.04. The van der Waals surface area contributed by atoms with Crippen LogP contribution in [-0.4, -0.2) is 34.3 Å². The molecule has 0 bridgehead atoms. The minimum Gasteiger partial charge on any atom is -0.359 e. The molecule has 0 amide bonds. The highest BCUT2D eigenvalue weighted by Crippen LogP contribution is 2.22. The Morgan fingerprint density at radius 3 is 2.75 bits per heavy atom. The molecular weight excluding hydrogens is 419 g/mol. The molecule has 0 aliphatic rings. The van der Waals surface area contributed by atoms with Gasteiger partial charge >= 0.3 is 0 Å². The van der Waals surface area contributed by atoms with E-state index in [4.69, 9.17) is 4.52 Å². The zero-order valence-electron chi connectivity index (χ0n) is 14.5. The number of imidazole rings is 1. The molecule has 0 atom stereocenters. The van der Waals surface area contributed by atoms with Gasteiger partial charge in [-0.05, 0) is 12.8 Å². The van der Waals surface area contributed by atoms with E-state index in [1.807, 2.05) is 16.8 Å². The average Bonchev–Trinajstić information content (AvgIpc) is 3.24.